The molecular formula is C23H29N5O3S3. The fourth-order valence-electron chi connectivity index (χ4n) is 4.07. The lowest BCUT2D eigenvalue weighted by Crippen LogP contribution is -2.22. The van der Waals surface area contributed by atoms with E-state index in [1.807, 2.05) is 6.07 Å². The molecule has 182 valence electrons. The Bertz CT molecular complexity index is 1220. The van der Waals surface area contributed by atoms with Crippen molar-refractivity contribution in [3.63, 3.8) is 0 Å². The lowest BCUT2D eigenvalue weighted by molar-refractivity contribution is -0.113. The molecule has 0 atom stereocenters. The van der Waals surface area contributed by atoms with E-state index in [0.29, 0.717) is 11.7 Å². The number of thiophene rings is 1. The van der Waals surface area contributed by atoms with Crippen LogP contribution in [0.15, 0.2) is 51.8 Å². The second kappa shape index (κ2) is 11.0. The first kappa shape index (κ1) is 24.9. The maximum absolute atomic E-state index is 12.7. The minimum absolute atomic E-state index is 0.137. The number of thioether (sulfide) groups is 1. The molecule has 0 spiro atoms. The maximum Gasteiger partial charge on any atom is 0.242 e. The number of amides is 1. The van der Waals surface area contributed by atoms with Crippen molar-refractivity contribution in [2.24, 2.45) is 0 Å². The summed E-state index contributed by atoms with van der Waals surface area (Å²) in [5.74, 6) is 0.885. The molecule has 0 aliphatic heterocycles. The second-order valence-electron chi connectivity index (χ2n) is 8.47. The Hall–Kier alpha value is -2.21. The molecule has 1 amide bonds. The molecule has 2 aromatic heterocycles. The van der Waals surface area contributed by atoms with Crippen LogP contribution in [0.25, 0.3) is 0 Å². The van der Waals surface area contributed by atoms with E-state index in [1.165, 1.54) is 62.1 Å². The Kier molecular flexibility index (Phi) is 8.07. The maximum atomic E-state index is 12.7. The fourth-order valence-corrected chi connectivity index (χ4v) is 6.55. The van der Waals surface area contributed by atoms with E-state index in [0.717, 1.165) is 34.5 Å². The molecule has 0 bridgehead atoms. The summed E-state index contributed by atoms with van der Waals surface area (Å²) < 4.78 is 28.1. The highest BCUT2D eigenvalue weighted by Gasteiger charge is 2.24. The standard InChI is InChI=1S/C23H29N5O3S3/c1-27(2)34(30,31)20-12-6-8-17(14-20)24-22(29)16-33-23-26-25-21(15-19-11-7-13-32-19)28(23)18-9-4-3-5-10-18/h6-8,11-14,18H,3-5,9-10,15-16H2,1-2H3,(H,24,29). The predicted octanol–water partition coefficient (Wildman–Crippen LogP) is 4.42. The van der Waals surface area contributed by atoms with Crippen molar-refractivity contribution in [2.75, 3.05) is 25.2 Å². The molecule has 0 saturated heterocycles. The number of nitrogens with one attached hydrogen (secondary N) is 1. The number of sulfonamides is 1. The van der Waals surface area contributed by atoms with Crippen molar-refractivity contribution in [3.8, 4) is 0 Å². The molecular weight excluding hydrogens is 490 g/mol. The average molecular weight is 520 g/mol. The molecule has 8 nitrogen and oxygen atoms in total. The van der Waals surface area contributed by atoms with E-state index in [9.17, 15) is 13.2 Å². The van der Waals surface area contributed by atoms with Crippen LogP contribution >= 0.6 is 23.1 Å². The van der Waals surface area contributed by atoms with Crippen LogP contribution in [0.2, 0.25) is 0 Å². The SMILES string of the molecule is CN(C)S(=O)(=O)c1cccc(NC(=O)CSc2nnc(Cc3cccs3)n2C2CCCCC2)c1. The molecule has 0 radical (unpaired) electrons. The minimum atomic E-state index is -3.57. The first-order valence-electron chi connectivity index (χ1n) is 11.3. The van der Waals surface area contributed by atoms with Crippen LogP contribution in [0, 0.1) is 0 Å². The lowest BCUT2D eigenvalue weighted by Gasteiger charge is -2.25. The Morgan fingerprint density at radius 3 is 2.68 bits per heavy atom. The number of hydrogen-bond acceptors (Lipinski definition) is 7. The van der Waals surface area contributed by atoms with E-state index in [4.69, 9.17) is 0 Å². The van der Waals surface area contributed by atoms with Gasteiger partial charge in [-0.25, -0.2) is 12.7 Å². The van der Waals surface area contributed by atoms with E-state index in [1.54, 1.807) is 23.5 Å². The molecule has 1 aliphatic carbocycles. The summed E-state index contributed by atoms with van der Waals surface area (Å²) in [5.41, 5.74) is 0.445. The Morgan fingerprint density at radius 1 is 1.18 bits per heavy atom. The van der Waals surface area contributed by atoms with Gasteiger partial charge < -0.3 is 9.88 Å². The fraction of sp³-hybridized carbons (Fsp3) is 0.435. The van der Waals surface area contributed by atoms with Crippen LogP contribution in [0.1, 0.15) is 48.8 Å². The quantitative estimate of drug-likeness (QED) is 0.421. The zero-order valence-corrected chi connectivity index (χ0v) is 21.8. The molecule has 1 saturated carbocycles. The molecule has 1 aliphatic rings. The molecule has 1 N–H and O–H groups in total. The van der Waals surface area contributed by atoms with Crippen LogP contribution in [-0.4, -0.2) is 53.2 Å². The molecule has 1 aromatic carbocycles. The van der Waals surface area contributed by atoms with Crippen LogP contribution in [-0.2, 0) is 21.2 Å². The third-order valence-electron chi connectivity index (χ3n) is 5.82. The first-order chi connectivity index (χ1) is 16.3. The van der Waals surface area contributed by atoms with Gasteiger partial charge in [0.1, 0.15) is 5.82 Å². The summed E-state index contributed by atoms with van der Waals surface area (Å²) in [6.07, 6.45) is 6.58. The van der Waals surface area contributed by atoms with Gasteiger partial charge in [0.05, 0.1) is 10.6 Å². The Morgan fingerprint density at radius 2 is 1.97 bits per heavy atom. The van der Waals surface area contributed by atoms with Crippen LogP contribution < -0.4 is 5.32 Å². The third kappa shape index (κ3) is 5.88. The predicted molar refractivity (Wildman–Crippen MR) is 136 cm³/mol. The number of rotatable bonds is 9. The zero-order chi connectivity index (χ0) is 24.1. The highest BCUT2D eigenvalue weighted by Crippen LogP contribution is 2.33. The van der Waals surface area contributed by atoms with Gasteiger partial charge in [-0.15, -0.1) is 21.5 Å². The number of nitrogens with zero attached hydrogens (tertiary/aromatic N) is 4. The first-order valence-corrected chi connectivity index (χ1v) is 14.6. The lowest BCUT2D eigenvalue weighted by atomic mass is 9.95. The van der Waals surface area contributed by atoms with Gasteiger partial charge in [-0.05, 0) is 42.5 Å². The average Bonchev–Trinajstić information content (AvgIpc) is 3.48. The molecule has 4 rings (SSSR count). The van der Waals surface area contributed by atoms with Crippen molar-refractivity contribution in [2.45, 2.75) is 54.6 Å². The Balaban J connectivity index is 1.46. The summed E-state index contributed by atoms with van der Waals surface area (Å²) in [6, 6.07) is 10.8. The van der Waals surface area contributed by atoms with Gasteiger partial charge in [-0.3, -0.25) is 4.79 Å². The van der Waals surface area contributed by atoms with Crippen molar-refractivity contribution in [1.29, 1.82) is 0 Å². The van der Waals surface area contributed by atoms with Crippen LogP contribution in [0.4, 0.5) is 5.69 Å². The molecule has 11 heteroatoms. The van der Waals surface area contributed by atoms with E-state index in [2.05, 4.69) is 31.5 Å². The van der Waals surface area contributed by atoms with Gasteiger partial charge >= 0.3 is 0 Å². The zero-order valence-electron chi connectivity index (χ0n) is 19.3. The van der Waals surface area contributed by atoms with Gasteiger partial charge in [-0.2, -0.15) is 0 Å². The van der Waals surface area contributed by atoms with E-state index >= 15 is 0 Å². The summed E-state index contributed by atoms with van der Waals surface area (Å²) in [5, 5.41) is 14.5. The van der Waals surface area contributed by atoms with Crippen molar-refractivity contribution < 1.29 is 13.2 Å². The van der Waals surface area contributed by atoms with Crippen molar-refractivity contribution in [3.05, 3.63) is 52.5 Å². The number of carbonyl (C=O) groups excluding carboxylic acids is 1. The van der Waals surface area contributed by atoms with E-state index < -0.39 is 10.0 Å². The highest BCUT2D eigenvalue weighted by molar-refractivity contribution is 7.99. The highest BCUT2D eigenvalue weighted by atomic mass is 32.2. The number of hydrogen-bond donors (Lipinski definition) is 1. The monoisotopic (exact) mass is 519 g/mol. The number of benzene rings is 1. The topological polar surface area (TPSA) is 97.2 Å². The van der Waals surface area contributed by atoms with E-state index in [-0.39, 0.29) is 16.6 Å². The number of aromatic nitrogens is 3. The molecule has 34 heavy (non-hydrogen) atoms. The molecule has 0 unspecified atom stereocenters. The minimum Gasteiger partial charge on any atom is -0.325 e. The number of carbonyl (C=O) groups is 1. The molecule has 1 fully saturated rings. The normalized spacial score (nSPS) is 15.0. The third-order valence-corrected chi connectivity index (χ3v) is 9.45. The van der Waals surface area contributed by atoms with Crippen molar-refractivity contribution >= 4 is 44.7 Å². The van der Waals surface area contributed by atoms with Gasteiger partial charge in [0.15, 0.2) is 5.16 Å². The second-order valence-corrected chi connectivity index (χ2v) is 12.6. The van der Waals surface area contributed by atoms with Gasteiger partial charge in [0.2, 0.25) is 15.9 Å². The molecule has 3 aromatic rings. The van der Waals surface area contributed by atoms with Crippen molar-refractivity contribution in [1.82, 2.24) is 19.1 Å². The summed E-state index contributed by atoms with van der Waals surface area (Å²) in [6.45, 7) is 0. The van der Waals surface area contributed by atoms with Gasteiger partial charge in [0, 0.05) is 37.1 Å². The number of anilines is 1. The largest absolute Gasteiger partial charge is 0.325 e. The smallest absolute Gasteiger partial charge is 0.242 e. The summed E-state index contributed by atoms with van der Waals surface area (Å²) >= 11 is 3.08. The molecule has 2 heterocycles. The van der Waals surface area contributed by atoms with Crippen LogP contribution in [0.3, 0.4) is 0 Å². The summed E-state index contributed by atoms with van der Waals surface area (Å²) in [7, 11) is -0.614. The van der Waals surface area contributed by atoms with Gasteiger partial charge in [-0.1, -0.05) is 43.2 Å². The Labute approximate surface area is 208 Å². The van der Waals surface area contributed by atoms with Gasteiger partial charge in [0.25, 0.3) is 0 Å². The summed E-state index contributed by atoms with van der Waals surface area (Å²) in [4.78, 5) is 14.1. The van der Waals surface area contributed by atoms with Crippen LogP contribution in [0.5, 0.6) is 0 Å².